The van der Waals surface area contributed by atoms with Crippen molar-refractivity contribution in [2.24, 2.45) is 4.99 Å². The van der Waals surface area contributed by atoms with Crippen molar-refractivity contribution in [3.63, 3.8) is 0 Å². The molecule has 0 amide bonds. The van der Waals surface area contributed by atoms with E-state index in [1.165, 1.54) is 36.0 Å². The average Bonchev–Trinajstić information content (AvgIpc) is 2.37. The van der Waals surface area contributed by atoms with Crippen molar-refractivity contribution in [1.82, 2.24) is 0 Å². The van der Waals surface area contributed by atoms with Crippen LogP contribution in [0, 0.1) is 13.8 Å². The SMILES string of the molecule is Cc1ccc(C2(CN=C=O)CCCCC2)c(C)c1. The largest absolute Gasteiger partial charge is 0.234 e. The van der Waals surface area contributed by atoms with Gasteiger partial charge in [-0.25, -0.2) is 9.79 Å². The fourth-order valence-electron chi connectivity index (χ4n) is 3.33. The molecule has 2 nitrogen and oxygen atoms in total. The number of nitrogens with zero attached hydrogens (tertiary/aromatic N) is 1. The van der Waals surface area contributed by atoms with Crippen molar-refractivity contribution in [3.05, 3.63) is 34.9 Å². The number of carbonyl (C=O) groups excluding carboxylic acids is 1. The minimum Gasteiger partial charge on any atom is -0.211 e. The number of aliphatic imine (C=N–C) groups is 1. The van der Waals surface area contributed by atoms with E-state index in [1.54, 1.807) is 6.08 Å². The fraction of sp³-hybridized carbons (Fsp3) is 0.562. The Morgan fingerprint density at radius 1 is 1.22 bits per heavy atom. The standard InChI is InChI=1S/C16H21NO/c1-13-6-7-15(14(2)10-13)16(11-17-12-18)8-4-3-5-9-16/h6-7,10H,3-5,8-9,11H2,1-2H3. The van der Waals surface area contributed by atoms with Gasteiger partial charge in [0.25, 0.3) is 0 Å². The zero-order chi connectivity index (χ0) is 13.0. The van der Waals surface area contributed by atoms with Gasteiger partial charge >= 0.3 is 0 Å². The Labute approximate surface area is 109 Å². The molecule has 1 aliphatic carbocycles. The quantitative estimate of drug-likeness (QED) is 0.586. The first kappa shape index (κ1) is 13.0. The van der Waals surface area contributed by atoms with Crippen LogP contribution in [0.2, 0.25) is 0 Å². The summed E-state index contributed by atoms with van der Waals surface area (Å²) < 4.78 is 0. The molecule has 2 heteroatoms. The maximum Gasteiger partial charge on any atom is 0.234 e. The molecule has 18 heavy (non-hydrogen) atoms. The van der Waals surface area contributed by atoms with Crippen LogP contribution in [0.3, 0.4) is 0 Å². The molecule has 0 spiro atoms. The molecular formula is C16H21NO. The van der Waals surface area contributed by atoms with Gasteiger partial charge in [0.05, 0.1) is 6.54 Å². The highest BCUT2D eigenvalue weighted by atomic mass is 16.1. The normalized spacial score (nSPS) is 18.1. The third kappa shape index (κ3) is 2.54. The van der Waals surface area contributed by atoms with E-state index < -0.39 is 0 Å². The Hall–Kier alpha value is -1.40. The van der Waals surface area contributed by atoms with E-state index in [0.29, 0.717) is 6.54 Å². The second kappa shape index (κ2) is 5.49. The predicted octanol–water partition coefficient (Wildman–Crippen LogP) is 3.84. The Morgan fingerprint density at radius 2 is 1.94 bits per heavy atom. The van der Waals surface area contributed by atoms with E-state index in [0.717, 1.165) is 12.8 Å². The number of rotatable bonds is 3. The number of benzene rings is 1. The molecule has 0 atom stereocenters. The van der Waals surface area contributed by atoms with Gasteiger partial charge in [-0.1, -0.05) is 43.0 Å². The predicted molar refractivity (Wildman–Crippen MR) is 73.7 cm³/mol. The summed E-state index contributed by atoms with van der Waals surface area (Å²) in [6, 6.07) is 6.63. The molecule has 1 aromatic carbocycles. The molecule has 1 fully saturated rings. The van der Waals surface area contributed by atoms with E-state index in [2.05, 4.69) is 37.0 Å². The van der Waals surface area contributed by atoms with Gasteiger partial charge in [-0.05, 0) is 37.8 Å². The number of aryl methyl sites for hydroxylation is 2. The lowest BCUT2D eigenvalue weighted by atomic mass is 9.68. The van der Waals surface area contributed by atoms with Crippen molar-refractivity contribution in [2.75, 3.05) is 6.54 Å². The molecule has 0 saturated heterocycles. The lowest BCUT2D eigenvalue weighted by molar-refractivity contribution is 0.300. The van der Waals surface area contributed by atoms with Crippen LogP contribution < -0.4 is 0 Å². The number of isocyanates is 1. The molecule has 96 valence electrons. The molecular weight excluding hydrogens is 222 g/mol. The van der Waals surface area contributed by atoms with E-state index in [4.69, 9.17) is 0 Å². The van der Waals surface area contributed by atoms with Gasteiger partial charge in [0.15, 0.2) is 0 Å². The molecule has 1 aliphatic rings. The van der Waals surface area contributed by atoms with Crippen LogP contribution in [0.5, 0.6) is 0 Å². The van der Waals surface area contributed by atoms with Crippen molar-refractivity contribution < 1.29 is 4.79 Å². The molecule has 2 rings (SSSR count). The molecule has 1 saturated carbocycles. The van der Waals surface area contributed by atoms with Gasteiger partial charge in [-0.15, -0.1) is 0 Å². The number of hydrogen-bond donors (Lipinski definition) is 0. The summed E-state index contributed by atoms with van der Waals surface area (Å²) >= 11 is 0. The van der Waals surface area contributed by atoms with Crippen LogP contribution in [0.1, 0.15) is 48.8 Å². The van der Waals surface area contributed by atoms with Crippen LogP contribution >= 0.6 is 0 Å². The summed E-state index contributed by atoms with van der Waals surface area (Å²) in [6.45, 7) is 4.89. The summed E-state index contributed by atoms with van der Waals surface area (Å²) in [6.07, 6.45) is 7.78. The van der Waals surface area contributed by atoms with Crippen LogP contribution in [0.25, 0.3) is 0 Å². The third-order valence-corrected chi connectivity index (χ3v) is 4.21. The Balaban J connectivity index is 2.41. The molecule has 0 aromatic heterocycles. The minimum atomic E-state index is 0.0768. The highest BCUT2D eigenvalue weighted by Crippen LogP contribution is 2.41. The lowest BCUT2D eigenvalue weighted by Gasteiger charge is -2.37. The van der Waals surface area contributed by atoms with Crippen molar-refractivity contribution in [2.45, 2.75) is 51.4 Å². The first-order valence-electron chi connectivity index (χ1n) is 6.79. The fourth-order valence-corrected chi connectivity index (χ4v) is 3.33. The Morgan fingerprint density at radius 3 is 2.56 bits per heavy atom. The van der Waals surface area contributed by atoms with Gasteiger partial charge < -0.3 is 0 Å². The van der Waals surface area contributed by atoms with E-state index in [-0.39, 0.29) is 5.41 Å². The van der Waals surface area contributed by atoms with Crippen LogP contribution in [-0.4, -0.2) is 12.6 Å². The lowest BCUT2D eigenvalue weighted by Crippen LogP contribution is -2.33. The molecule has 0 bridgehead atoms. The highest BCUT2D eigenvalue weighted by Gasteiger charge is 2.34. The molecule has 0 N–H and O–H groups in total. The molecule has 1 aromatic rings. The number of hydrogen-bond acceptors (Lipinski definition) is 2. The first-order valence-corrected chi connectivity index (χ1v) is 6.79. The van der Waals surface area contributed by atoms with Gasteiger partial charge in [0, 0.05) is 5.41 Å². The summed E-state index contributed by atoms with van der Waals surface area (Å²) in [5.74, 6) is 0. The highest BCUT2D eigenvalue weighted by molar-refractivity contribution is 5.39. The molecule has 0 radical (unpaired) electrons. The van der Waals surface area contributed by atoms with E-state index >= 15 is 0 Å². The van der Waals surface area contributed by atoms with Gasteiger partial charge in [-0.3, -0.25) is 0 Å². The second-order valence-corrected chi connectivity index (χ2v) is 5.57. The maximum atomic E-state index is 10.5. The first-order chi connectivity index (χ1) is 8.68. The third-order valence-electron chi connectivity index (χ3n) is 4.21. The Kier molecular flexibility index (Phi) is 3.98. The molecule has 0 aliphatic heterocycles. The van der Waals surface area contributed by atoms with E-state index in [1.807, 2.05) is 0 Å². The monoisotopic (exact) mass is 243 g/mol. The molecule has 0 unspecified atom stereocenters. The van der Waals surface area contributed by atoms with Gasteiger partial charge in [0.1, 0.15) is 0 Å². The van der Waals surface area contributed by atoms with Gasteiger partial charge in [-0.2, -0.15) is 0 Å². The maximum absolute atomic E-state index is 10.5. The van der Waals surface area contributed by atoms with Crippen molar-refractivity contribution >= 4 is 6.08 Å². The minimum absolute atomic E-state index is 0.0768. The summed E-state index contributed by atoms with van der Waals surface area (Å²) in [5.41, 5.74) is 4.08. The zero-order valence-electron chi connectivity index (χ0n) is 11.3. The van der Waals surface area contributed by atoms with Crippen molar-refractivity contribution in [3.8, 4) is 0 Å². The summed E-state index contributed by atoms with van der Waals surface area (Å²) in [4.78, 5) is 14.4. The summed E-state index contributed by atoms with van der Waals surface area (Å²) in [7, 11) is 0. The second-order valence-electron chi connectivity index (χ2n) is 5.57. The van der Waals surface area contributed by atoms with Crippen LogP contribution in [0.15, 0.2) is 23.2 Å². The molecule has 0 heterocycles. The van der Waals surface area contributed by atoms with Crippen LogP contribution in [0.4, 0.5) is 0 Å². The van der Waals surface area contributed by atoms with Crippen molar-refractivity contribution in [1.29, 1.82) is 0 Å². The topological polar surface area (TPSA) is 29.4 Å². The average molecular weight is 243 g/mol. The van der Waals surface area contributed by atoms with Crippen LogP contribution in [-0.2, 0) is 10.2 Å². The Bertz CT molecular complexity index is 466. The van der Waals surface area contributed by atoms with E-state index in [9.17, 15) is 4.79 Å². The zero-order valence-corrected chi connectivity index (χ0v) is 11.3. The summed E-state index contributed by atoms with van der Waals surface area (Å²) in [5, 5.41) is 0. The smallest absolute Gasteiger partial charge is 0.211 e. The van der Waals surface area contributed by atoms with Gasteiger partial charge in [0.2, 0.25) is 6.08 Å².